The number of hydrogen-bond donors (Lipinski definition) is 3. The first-order valence-corrected chi connectivity index (χ1v) is 12.1. The van der Waals surface area contributed by atoms with Crippen molar-refractivity contribution in [1.82, 2.24) is 25.8 Å². The summed E-state index contributed by atoms with van der Waals surface area (Å²) < 4.78 is 0. The fourth-order valence-electron chi connectivity index (χ4n) is 5.83. The van der Waals surface area contributed by atoms with Gasteiger partial charge >= 0.3 is 0 Å². The summed E-state index contributed by atoms with van der Waals surface area (Å²) in [5, 5.41) is 12.7. The summed E-state index contributed by atoms with van der Waals surface area (Å²) in [7, 11) is 0. The Kier molecular flexibility index (Phi) is 6.21. The lowest BCUT2D eigenvalue weighted by Gasteiger charge is -2.52. The van der Waals surface area contributed by atoms with Crippen molar-refractivity contribution in [3.8, 4) is 0 Å². The third kappa shape index (κ3) is 4.34. The minimum atomic E-state index is 0.137. The Morgan fingerprint density at radius 3 is 3.00 bits per heavy atom. The van der Waals surface area contributed by atoms with Crippen LogP contribution in [0.3, 0.4) is 0 Å². The maximum Gasteiger partial charge on any atom is 0.166 e. The van der Waals surface area contributed by atoms with Gasteiger partial charge in [-0.15, -0.1) is 6.58 Å². The van der Waals surface area contributed by atoms with E-state index in [1.54, 1.807) is 0 Å². The van der Waals surface area contributed by atoms with E-state index in [0.717, 1.165) is 36.8 Å². The van der Waals surface area contributed by atoms with Crippen LogP contribution >= 0.6 is 12.2 Å². The predicted octanol–water partition coefficient (Wildman–Crippen LogP) is 3.39. The second-order valence-corrected chi connectivity index (χ2v) is 9.70. The Morgan fingerprint density at radius 1 is 1.32 bits per heavy atom. The van der Waals surface area contributed by atoms with Gasteiger partial charge in [0.2, 0.25) is 0 Å². The topological polar surface area (TPSA) is 52.2 Å². The number of para-hydroxylation sites is 1. The zero-order valence-corrected chi connectivity index (χ0v) is 18.9. The molecular weight excluding hydrogens is 402 g/mol. The Bertz CT molecular complexity index is 935. The Balaban J connectivity index is 1.41. The molecule has 4 aliphatic rings. The van der Waals surface area contributed by atoms with Crippen molar-refractivity contribution in [2.75, 3.05) is 26.2 Å². The molecule has 164 valence electrons. The molecule has 1 aromatic carbocycles. The van der Waals surface area contributed by atoms with Crippen LogP contribution in [-0.4, -0.2) is 53.3 Å². The molecule has 0 spiro atoms. The number of rotatable bonds is 6. The van der Waals surface area contributed by atoms with Gasteiger partial charge in [0, 0.05) is 36.8 Å². The molecular formula is C25H33N5S. The number of aromatic nitrogens is 1. The van der Waals surface area contributed by atoms with Crippen LogP contribution in [-0.2, 0) is 0 Å². The fraction of sp³-hybridized carbons (Fsp3) is 0.520. The number of nitrogens with zero attached hydrogens (tertiary/aromatic N) is 2. The Labute approximate surface area is 190 Å². The van der Waals surface area contributed by atoms with Crippen LogP contribution < -0.4 is 16.0 Å². The van der Waals surface area contributed by atoms with E-state index in [0.29, 0.717) is 23.9 Å². The number of benzene rings is 1. The zero-order chi connectivity index (χ0) is 21.2. The third-order valence-corrected chi connectivity index (χ3v) is 7.78. The molecule has 0 amide bonds. The normalized spacial score (nSPS) is 30.8. The molecule has 4 saturated heterocycles. The minimum absolute atomic E-state index is 0.137. The summed E-state index contributed by atoms with van der Waals surface area (Å²) >= 11 is 5.79. The molecule has 3 N–H and O–H groups in total. The largest absolute Gasteiger partial charge is 0.361 e. The standard InChI is InChI=1S/C25H33N5S/c1-2-17-16-30-13-10-18(17)14-23(30)24(29-25(31)28-15-19-6-5-11-26-19)21-9-12-27-22-8-4-3-7-20(21)22/h2-4,7-9,12,17-19,23-24,26H,1,5-6,10-11,13-16H2,(H2,28,29,31)/t17?,18-,19+,23-,24-/m0/s1. The van der Waals surface area contributed by atoms with Crippen LogP contribution in [0.1, 0.15) is 37.3 Å². The van der Waals surface area contributed by atoms with Crippen LogP contribution in [0.15, 0.2) is 49.2 Å². The van der Waals surface area contributed by atoms with E-state index in [2.05, 4.69) is 68.8 Å². The van der Waals surface area contributed by atoms with Gasteiger partial charge in [0.25, 0.3) is 0 Å². The summed E-state index contributed by atoms with van der Waals surface area (Å²) in [6, 6.07) is 11.7. The van der Waals surface area contributed by atoms with Crippen molar-refractivity contribution >= 4 is 28.2 Å². The number of piperidine rings is 3. The lowest BCUT2D eigenvalue weighted by molar-refractivity contribution is 0.00430. The summed E-state index contributed by atoms with van der Waals surface area (Å²) in [6.07, 6.45) is 9.02. The molecule has 2 aromatic rings. The monoisotopic (exact) mass is 435 g/mol. The molecule has 0 saturated carbocycles. The van der Waals surface area contributed by atoms with Gasteiger partial charge in [0.05, 0.1) is 11.6 Å². The van der Waals surface area contributed by atoms with Crippen LogP contribution in [0.2, 0.25) is 0 Å². The highest BCUT2D eigenvalue weighted by Gasteiger charge is 2.43. The van der Waals surface area contributed by atoms with Gasteiger partial charge in [-0.25, -0.2) is 0 Å². The first-order valence-electron chi connectivity index (χ1n) is 11.7. The highest BCUT2D eigenvalue weighted by atomic mass is 32.1. The molecule has 6 heteroatoms. The number of fused-ring (bicyclic) bond motifs is 4. The van der Waals surface area contributed by atoms with Gasteiger partial charge in [0.1, 0.15) is 0 Å². The van der Waals surface area contributed by atoms with E-state index in [4.69, 9.17) is 12.2 Å². The van der Waals surface area contributed by atoms with E-state index in [1.807, 2.05) is 6.20 Å². The van der Waals surface area contributed by atoms with Crippen LogP contribution in [0, 0.1) is 11.8 Å². The molecule has 0 radical (unpaired) electrons. The van der Waals surface area contributed by atoms with Gasteiger partial charge in [-0.05, 0) is 80.5 Å². The van der Waals surface area contributed by atoms with Crippen molar-refractivity contribution in [2.45, 2.75) is 43.8 Å². The zero-order valence-electron chi connectivity index (χ0n) is 18.1. The molecule has 0 aliphatic carbocycles. The highest BCUT2D eigenvalue weighted by molar-refractivity contribution is 7.80. The summed E-state index contributed by atoms with van der Waals surface area (Å²) in [5.74, 6) is 1.33. The second kappa shape index (κ2) is 9.23. The average molecular weight is 436 g/mol. The van der Waals surface area contributed by atoms with Gasteiger partial charge in [-0.1, -0.05) is 24.3 Å². The Morgan fingerprint density at radius 2 is 2.23 bits per heavy atom. The number of pyridine rings is 1. The molecule has 1 aromatic heterocycles. The summed E-state index contributed by atoms with van der Waals surface area (Å²) in [6.45, 7) is 8.35. The number of thiocarbonyl (C=S) groups is 1. The maximum absolute atomic E-state index is 5.79. The maximum atomic E-state index is 5.79. The third-order valence-electron chi connectivity index (χ3n) is 7.51. The van der Waals surface area contributed by atoms with Gasteiger partial charge in [-0.3, -0.25) is 9.88 Å². The predicted molar refractivity (Wildman–Crippen MR) is 131 cm³/mol. The molecule has 6 atom stereocenters. The molecule has 2 bridgehead atoms. The Hall–Kier alpha value is -2.02. The van der Waals surface area contributed by atoms with E-state index < -0.39 is 0 Å². The fourth-order valence-corrected chi connectivity index (χ4v) is 6.04. The summed E-state index contributed by atoms with van der Waals surface area (Å²) in [4.78, 5) is 7.25. The second-order valence-electron chi connectivity index (χ2n) is 9.29. The van der Waals surface area contributed by atoms with Crippen molar-refractivity contribution in [1.29, 1.82) is 0 Å². The summed E-state index contributed by atoms with van der Waals surface area (Å²) in [5.41, 5.74) is 2.34. The van der Waals surface area contributed by atoms with Gasteiger partial charge < -0.3 is 16.0 Å². The molecule has 4 aliphatic heterocycles. The smallest absolute Gasteiger partial charge is 0.166 e. The average Bonchev–Trinajstić information content (AvgIpc) is 3.35. The lowest BCUT2D eigenvalue weighted by atomic mass is 9.73. The highest BCUT2D eigenvalue weighted by Crippen LogP contribution is 2.42. The molecule has 6 rings (SSSR count). The molecule has 31 heavy (non-hydrogen) atoms. The van der Waals surface area contributed by atoms with Crippen LogP contribution in [0.25, 0.3) is 10.9 Å². The molecule has 5 nitrogen and oxygen atoms in total. The van der Waals surface area contributed by atoms with Crippen molar-refractivity contribution in [3.63, 3.8) is 0 Å². The van der Waals surface area contributed by atoms with Gasteiger partial charge in [0.15, 0.2) is 5.11 Å². The van der Waals surface area contributed by atoms with Gasteiger partial charge in [-0.2, -0.15) is 0 Å². The molecule has 2 unspecified atom stereocenters. The molecule has 4 fully saturated rings. The van der Waals surface area contributed by atoms with E-state index >= 15 is 0 Å². The van der Waals surface area contributed by atoms with Crippen molar-refractivity contribution in [3.05, 3.63) is 54.7 Å². The van der Waals surface area contributed by atoms with Crippen LogP contribution in [0.4, 0.5) is 0 Å². The van der Waals surface area contributed by atoms with Crippen molar-refractivity contribution in [2.24, 2.45) is 11.8 Å². The van der Waals surface area contributed by atoms with Crippen molar-refractivity contribution < 1.29 is 0 Å². The van der Waals surface area contributed by atoms with E-state index in [-0.39, 0.29) is 6.04 Å². The minimum Gasteiger partial charge on any atom is -0.361 e. The number of hydrogen-bond acceptors (Lipinski definition) is 4. The first kappa shape index (κ1) is 20.9. The quantitative estimate of drug-likeness (QED) is 0.478. The lowest BCUT2D eigenvalue weighted by Crippen LogP contribution is -2.58. The van der Waals surface area contributed by atoms with E-state index in [1.165, 1.54) is 36.6 Å². The first-order chi connectivity index (χ1) is 15.2. The number of nitrogens with one attached hydrogen (secondary N) is 3. The van der Waals surface area contributed by atoms with E-state index in [9.17, 15) is 0 Å². The SMILES string of the molecule is C=CC1CN2CC[C@H]1C[C@H]2[C@@H](NC(=S)NC[C@H]1CCCN1)c1ccnc2ccccc12. The van der Waals surface area contributed by atoms with Crippen LogP contribution in [0.5, 0.6) is 0 Å². The molecule has 5 heterocycles.